The average molecular weight is 246 g/mol. The summed E-state index contributed by atoms with van der Waals surface area (Å²) in [4.78, 5) is 4.14. The van der Waals surface area contributed by atoms with Gasteiger partial charge in [-0.2, -0.15) is 0 Å². The molecule has 2 aromatic rings. The van der Waals surface area contributed by atoms with Crippen LogP contribution in [0.2, 0.25) is 0 Å². The van der Waals surface area contributed by atoms with Crippen molar-refractivity contribution in [3.05, 3.63) is 53.5 Å². The van der Waals surface area contributed by atoms with Gasteiger partial charge in [0.2, 0.25) is 5.88 Å². The maximum atomic E-state index is 13.1. The van der Waals surface area contributed by atoms with Crippen LogP contribution in [-0.4, -0.2) is 4.98 Å². The number of nitrogens with two attached hydrogens (primary N) is 1. The van der Waals surface area contributed by atoms with Crippen molar-refractivity contribution in [2.45, 2.75) is 19.9 Å². The van der Waals surface area contributed by atoms with Gasteiger partial charge < -0.3 is 10.5 Å². The summed E-state index contributed by atoms with van der Waals surface area (Å²) in [5, 5.41) is 0. The first-order chi connectivity index (χ1) is 8.56. The third-order valence-corrected chi connectivity index (χ3v) is 2.65. The van der Waals surface area contributed by atoms with E-state index in [4.69, 9.17) is 10.5 Å². The Labute approximate surface area is 105 Å². The largest absolute Gasteiger partial charge is 0.439 e. The van der Waals surface area contributed by atoms with Crippen molar-refractivity contribution in [2.24, 2.45) is 5.73 Å². The SMILES string of the molecule is Cc1ccc(F)cc1Oc1ccc([C@@H](C)N)cn1. The molecular formula is C14H15FN2O. The molecule has 0 aliphatic heterocycles. The molecule has 4 heteroatoms. The Morgan fingerprint density at radius 3 is 2.67 bits per heavy atom. The molecule has 0 saturated carbocycles. The molecule has 0 radical (unpaired) electrons. The van der Waals surface area contributed by atoms with Crippen LogP contribution in [0, 0.1) is 12.7 Å². The highest BCUT2D eigenvalue weighted by Gasteiger charge is 2.05. The lowest BCUT2D eigenvalue weighted by Crippen LogP contribution is -2.05. The minimum atomic E-state index is -0.331. The normalized spacial score (nSPS) is 12.2. The van der Waals surface area contributed by atoms with Crippen molar-refractivity contribution in [3.8, 4) is 11.6 Å². The van der Waals surface area contributed by atoms with Crippen LogP contribution in [-0.2, 0) is 0 Å². The number of benzene rings is 1. The summed E-state index contributed by atoms with van der Waals surface area (Å²) >= 11 is 0. The van der Waals surface area contributed by atoms with Crippen LogP contribution in [0.25, 0.3) is 0 Å². The van der Waals surface area contributed by atoms with E-state index >= 15 is 0 Å². The van der Waals surface area contributed by atoms with E-state index in [1.165, 1.54) is 12.1 Å². The molecule has 3 nitrogen and oxygen atoms in total. The van der Waals surface area contributed by atoms with Gasteiger partial charge in [0.15, 0.2) is 0 Å². The van der Waals surface area contributed by atoms with E-state index in [2.05, 4.69) is 4.98 Å². The zero-order chi connectivity index (χ0) is 13.1. The molecule has 1 aromatic carbocycles. The number of pyridine rings is 1. The van der Waals surface area contributed by atoms with Gasteiger partial charge in [-0.25, -0.2) is 9.37 Å². The second-order valence-corrected chi connectivity index (χ2v) is 4.23. The van der Waals surface area contributed by atoms with E-state index in [0.29, 0.717) is 11.6 Å². The zero-order valence-electron chi connectivity index (χ0n) is 10.4. The van der Waals surface area contributed by atoms with E-state index in [1.54, 1.807) is 18.3 Å². The Bertz CT molecular complexity index is 538. The summed E-state index contributed by atoms with van der Waals surface area (Å²) in [6.07, 6.45) is 1.66. The standard InChI is InChI=1S/C14H15FN2O/c1-9-3-5-12(15)7-13(9)18-14-6-4-11(8-17-14)10(2)16/h3-8,10H,16H2,1-2H3/t10-/m1/s1. The first kappa shape index (κ1) is 12.5. The monoisotopic (exact) mass is 246 g/mol. The van der Waals surface area contributed by atoms with Crippen molar-refractivity contribution < 1.29 is 9.13 Å². The molecule has 1 aromatic heterocycles. The van der Waals surface area contributed by atoms with Crippen molar-refractivity contribution in [1.29, 1.82) is 0 Å². The highest BCUT2D eigenvalue weighted by molar-refractivity contribution is 5.35. The Morgan fingerprint density at radius 2 is 2.06 bits per heavy atom. The molecule has 0 aliphatic rings. The summed E-state index contributed by atoms with van der Waals surface area (Å²) in [7, 11) is 0. The lowest BCUT2D eigenvalue weighted by atomic mass is 10.2. The van der Waals surface area contributed by atoms with Gasteiger partial charge in [-0.1, -0.05) is 12.1 Å². The number of halogens is 1. The van der Waals surface area contributed by atoms with E-state index < -0.39 is 0 Å². The van der Waals surface area contributed by atoms with E-state index in [1.807, 2.05) is 19.9 Å². The fraction of sp³-hybridized carbons (Fsp3) is 0.214. The van der Waals surface area contributed by atoms with Crippen molar-refractivity contribution in [3.63, 3.8) is 0 Å². The third kappa shape index (κ3) is 2.84. The first-order valence-electron chi connectivity index (χ1n) is 5.72. The number of hydrogen-bond acceptors (Lipinski definition) is 3. The predicted octanol–water partition coefficient (Wildman–Crippen LogP) is 3.34. The highest BCUT2D eigenvalue weighted by Crippen LogP contribution is 2.24. The van der Waals surface area contributed by atoms with Crippen LogP contribution in [0.3, 0.4) is 0 Å². The molecule has 2 rings (SSSR count). The molecule has 94 valence electrons. The molecule has 0 saturated heterocycles. The number of aromatic nitrogens is 1. The van der Waals surface area contributed by atoms with E-state index in [0.717, 1.165) is 11.1 Å². The van der Waals surface area contributed by atoms with Gasteiger partial charge in [-0.15, -0.1) is 0 Å². The van der Waals surface area contributed by atoms with Crippen molar-refractivity contribution in [2.75, 3.05) is 0 Å². The third-order valence-electron chi connectivity index (χ3n) is 2.65. The topological polar surface area (TPSA) is 48.1 Å². The van der Waals surface area contributed by atoms with Gasteiger partial charge >= 0.3 is 0 Å². The fourth-order valence-electron chi connectivity index (χ4n) is 1.52. The van der Waals surface area contributed by atoms with Gasteiger partial charge in [-0.05, 0) is 31.0 Å². The summed E-state index contributed by atoms with van der Waals surface area (Å²) in [5.41, 5.74) is 7.51. The van der Waals surface area contributed by atoms with Crippen molar-refractivity contribution >= 4 is 0 Å². The molecule has 0 spiro atoms. The fourth-order valence-corrected chi connectivity index (χ4v) is 1.52. The number of ether oxygens (including phenoxy) is 1. The van der Waals surface area contributed by atoms with E-state index in [-0.39, 0.29) is 11.9 Å². The Hall–Kier alpha value is -1.94. The van der Waals surface area contributed by atoms with Crippen LogP contribution in [0.15, 0.2) is 36.5 Å². The van der Waals surface area contributed by atoms with Crippen LogP contribution >= 0.6 is 0 Å². The average Bonchev–Trinajstić information content (AvgIpc) is 2.34. The van der Waals surface area contributed by atoms with Gasteiger partial charge in [0, 0.05) is 24.4 Å². The lowest BCUT2D eigenvalue weighted by Gasteiger charge is -2.09. The Morgan fingerprint density at radius 1 is 1.28 bits per heavy atom. The molecule has 0 amide bonds. The molecule has 0 unspecified atom stereocenters. The minimum Gasteiger partial charge on any atom is -0.439 e. The molecular weight excluding hydrogens is 231 g/mol. The Kier molecular flexibility index (Phi) is 3.58. The van der Waals surface area contributed by atoms with Crippen LogP contribution < -0.4 is 10.5 Å². The summed E-state index contributed by atoms with van der Waals surface area (Å²) in [6.45, 7) is 3.74. The smallest absolute Gasteiger partial charge is 0.219 e. The van der Waals surface area contributed by atoms with Crippen LogP contribution in [0.1, 0.15) is 24.1 Å². The second kappa shape index (κ2) is 5.14. The number of hydrogen-bond donors (Lipinski definition) is 1. The van der Waals surface area contributed by atoms with Crippen LogP contribution in [0.4, 0.5) is 4.39 Å². The molecule has 18 heavy (non-hydrogen) atoms. The molecule has 0 fully saturated rings. The van der Waals surface area contributed by atoms with Gasteiger partial charge in [0.1, 0.15) is 11.6 Å². The van der Waals surface area contributed by atoms with Gasteiger partial charge in [0.25, 0.3) is 0 Å². The lowest BCUT2D eigenvalue weighted by molar-refractivity contribution is 0.454. The van der Waals surface area contributed by atoms with Gasteiger partial charge in [0.05, 0.1) is 0 Å². The molecule has 1 heterocycles. The molecule has 1 atom stereocenters. The predicted molar refractivity (Wildman–Crippen MR) is 68.1 cm³/mol. The maximum absolute atomic E-state index is 13.1. The number of aryl methyl sites for hydroxylation is 1. The number of rotatable bonds is 3. The Balaban J connectivity index is 2.21. The zero-order valence-corrected chi connectivity index (χ0v) is 10.4. The first-order valence-corrected chi connectivity index (χ1v) is 5.72. The molecule has 0 bridgehead atoms. The summed E-state index contributed by atoms with van der Waals surface area (Å²) in [5.74, 6) is 0.562. The number of nitrogens with zero attached hydrogens (tertiary/aromatic N) is 1. The molecule has 0 aliphatic carbocycles. The molecule has 2 N–H and O–H groups in total. The summed E-state index contributed by atoms with van der Waals surface area (Å²) < 4.78 is 18.6. The quantitative estimate of drug-likeness (QED) is 0.903. The maximum Gasteiger partial charge on any atom is 0.219 e. The second-order valence-electron chi connectivity index (χ2n) is 4.23. The van der Waals surface area contributed by atoms with E-state index in [9.17, 15) is 4.39 Å². The minimum absolute atomic E-state index is 0.0672. The van der Waals surface area contributed by atoms with Crippen LogP contribution in [0.5, 0.6) is 11.6 Å². The van der Waals surface area contributed by atoms with Gasteiger partial charge in [-0.3, -0.25) is 0 Å². The summed E-state index contributed by atoms with van der Waals surface area (Å²) in [6, 6.07) is 7.92. The van der Waals surface area contributed by atoms with Crippen molar-refractivity contribution in [1.82, 2.24) is 4.98 Å². The highest BCUT2D eigenvalue weighted by atomic mass is 19.1.